The van der Waals surface area contributed by atoms with Gasteiger partial charge in [0.05, 0.1) is 25.3 Å². The van der Waals surface area contributed by atoms with Crippen molar-refractivity contribution in [1.29, 1.82) is 0 Å². The molecule has 1 atom stereocenters. The topological polar surface area (TPSA) is 128 Å². The fourth-order valence-corrected chi connectivity index (χ4v) is 5.56. The first kappa shape index (κ1) is 29.5. The molecule has 0 aliphatic carbocycles. The van der Waals surface area contributed by atoms with Crippen LogP contribution in [0, 0.1) is 0 Å². The number of halogens is 2. The van der Waals surface area contributed by atoms with E-state index in [0.29, 0.717) is 39.4 Å². The molecular formula is C30H31Cl2N7O3. The zero-order valence-corrected chi connectivity index (χ0v) is 24.7. The predicted molar refractivity (Wildman–Crippen MR) is 160 cm³/mol. The summed E-state index contributed by atoms with van der Waals surface area (Å²) in [7, 11) is 1.39. The van der Waals surface area contributed by atoms with Crippen molar-refractivity contribution < 1.29 is 14.3 Å². The van der Waals surface area contributed by atoms with Gasteiger partial charge in [-0.05, 0) is 65.1 Å². The number of esters is 1. The number of nitrogens with zero attached hydrogens (tertiary/aromatic N) is 5. The number of aryl methyl sites for hydroxylation is 1. The monoisotopic (exact) mass is 607 g/mol. The van der Waals surface area contributed by atoms with Gasteiger partial charge in [-0.25, -0.2) is 4.98 Å². The minimum Gasteiger partial charge on any atom is -0.469 e. The SMILES string of the molecule is COC(=O)Cc1ccc2c(c1)CCCCCCC[C@H](NC(=O)/C=C/c1cc(Cl)ccc1-n1cnnn1)c1nc-2c(Cl)[nH]1. The van der Waals surface area contributed by atoms with Gasteiger partial charge in [-0.15, -0.1) is 5.10 Å². The van der Waals surface area contributed by atoms with Crippen molar-refractivity contribution in [2.24, 2.45) is 0 Å². The number of hydrogen-bond acceptors (Lipinski definition) is 7. The van der Waals surface area contributed by atoms with Crippen molar-refractivity contribution in [2.45, 2.75) is 57.4 Å². The zero-order valence-electron chi connectivity index (χ0n) is 23.1. The van der Waals surface area contributed by atoms with Crippen LogP contribution in [0.4, 0.5) is 0 Å². The van der Waals surface area contributed by atoms with E-state index in [1.54, 1.807) is 24.3 Å². The molecule has 0 unspecified atom stereocenters. The van der Waals surface area contributed by atoms with Crippen LogP contribution in [0.1, 0.15) is 67.1 Å². The molecule has 42 heavy (non-hydrogen) atoms. The molecule has 2 aromatic carbocycles. The molecule has 0 fully saturated rings. The van der Waals surface area contributed by atoms with Gasteiger partial charge < -0.3 is 15.0 Å². The Labute approximate surface area is 253 Å². The number of ether oxygens (including phenoxy) is 1. The van der Waals surface area contributed by atoms with Crippen LogP contribution in [0.5, 0.6) is 0 Å². The second-order valence-electron chi connectivity index (χ2n) is 10.2. The lowest BCUT2D eigenvalue weighted by atomic mass is 9.95. The number of carbonyl (C=O) groups excluding carboxylic acids is 2. The number of carbonyl (C=O) groups is 2. The summed E-state index contributed by atoms with van der Waals surface area (Å²) < 4.78 is 6.35. The highest BCUT2D eigenvalue weighted by Gasteiger charge is 2.22. The highest BCUT2D eigenvalue weighted by Crippen LogP contribution is 2.33. The zero-order chi connectivity index (χ0) is 29.5. The minimum absolute atomic E-state index is 0.206. The van der Waals surface area contributed by atoms with Gasteiger partial charge in [-0.1, -0.05) is 67.1 Å². The molecule has 4 aromatic rings. The summed E-state index contributed by atoms with van der Waals surface area (Å²) >= 11 is 12.9. The molecule has 2 N–H and O–H groups in total. The number of methoxy groups -OCH3 is 1. The van der Waals surface area contributed by atoms with E-state index in [9.17, 15) is 9.59 Å². The Morgan fingerprint density at radius 2 is 1.95 bits per heavy atom. The Hall–Kier alpha value is -4.02. The van der Waals surface area contributed by atoms with E-state index in [2.05, 4.69) is 25.8 Å². The van der Waals surface area contributed by atoms with Crippen LogP contribution in [0.15, 0.2) is 48.8 Å². The van der Waals surface area contributed by atoms with Crippen molar-refractivity contribution in [2.75, 3.05) is 7.11 Å². The third kappa shape index (κ3) is 7.24. The van der Waals surface area contributed by atoms with Gasteiger partial charge in [0.15, 0.2) is 0 Å². The van der Waals surface area contributed by atoms with Crippen molar-refractivity contribution in [1.82, 2.24) is 35.5 Å². The number of imidazole rings is 1. The summed E-state index contributed by atoms with van der Waals surface area (Å²) in [4.78, 5) is 33.1. The Kier molecular flexibility index (Phi) is 9.66. The quantitative estimate of drug-likeness (QED) is 0.208. The average molecular weight is 609 g/mol. The molecule has 1 aliphatic heterocycles. The first-order valence-corrected chi connectivity index (χ1v) is 14.6. The second kappa shape index (κ2) is 13.8. The van der Waals surface area contributed by atoms with Gasteiger partial charge in [0.2, 0.25) is 5.91 Å². The average Bonchev–Trinajstić information content (AvgIpc) is 3.65. The lowest BCUT2D eigenvalue weighted by Gasteiger charge is -2.16. The maximum absolute atomic E-state index is 13.2. The van der Waals surface area contributed by atoms with Crippen LogP contribution >= 0.6 is 23.2 Å². The van der Waals surface area contributed by atoms with E-state index in [4.69, 9.17) is 32.9 Å². The number of hydrogen-bond donors (Lipinski definition) is 2. The summed E-state index contributed by atoms with van der Waals surface area (Å²) in [6.45, 7) is 0. The molecule has 0 radical (unpaired) electrons. The van der Waals surface area contributed by atoms with E-state index < -0.39 is 0 Å². The summed E-state index contributed by atoms with van der Waals surface area (Å²) in [5.74, 6) is 0.0286. The largest absolute Gasteiger partial charge is 0.469 e. The summed E-state index contributed by atoms with van der Waals surface area (Å²) in [6.07, 6.45) is 11.5. The second-order valence-corrected chi connectivity index (χ2v) is 11.0. The Bertz CT molecular complexity index is 1580. The van der Waals surface area contributed by atoms with Gasteiger partial charge in [-0.2, -0.15) is 4.68 Å². The maximum atomic E-state index is 13.2. The Morgan fingerprint density at radius 1 is 1.12 bits per heavy atom. The number of tetrazole rings is 1. The van der Waals surface area contributed by atoms with Crippen LogP contribution in [-0.2, 0) is 27.2 Å². The lowest BCUT2D eigenvalue weighted by Crippen LogP contribution is -2.27. The predicted octanol–water partition coefficient (Wildman–Crippen LogP) is 5.84. The molecule has 0 spiro atoms. The lowest BCUT2D eigenvalue weighted by molar-refractivity contribution is -0.139. The molecule has 5 rings (SSSR count). The molecule has 2 bridgehead atoms. The molecule has 3 heterocycles. The van der Waals surface area contributed by atoms with Crippen molar-refractivity contribution in [3.8, 4) is 16.9 Å². The fourth-order valence-electron chi connectivity index (χ4n) is 5.14. The number of amides is 1. The fraction of sp³-hybridized carbons (Fsp3) is 0.333. The number of benzene rings is 2. The van der Waals surface area contributed by atoms with Gasteiger partial charge in [0.1, 0.15) is 23.0 Å². The highest BCUT2D eigenvalue weighted by molar-refractivity contribution is 6.32. The Morgan fingerprint density at radius 3 is 2.76 bits per heavy atom. The summed E-state index contributed by atoms with van der Waals surface area (Å²) in [5.41, 5.74) is 4.88. The van der Waals surface area contributed by atoms with Crippen LogP contribution in [0.3, 0.4) is 0 Å². The molecule has 12 heteroatoms. The normalized spacial score (nSPS) is 15.7. The number of fused-ring (bicyclic) bond motifs is 4. The third-order valence-electron chi connectivity index (χ3n) is 7.26. The van der Waals surface area contributed by atoms with Gasteiger partial charge in [-0.3, -0.25) is 9.59 Å². The van der Waals surface area contributed by atoms with Gasteiger partial charge >= 0.3 is 5.97 Å². The number of nitrogens with one attached hydrogen (secondary N) is 2. The maximum Gasteiger partial charge on any atom is 0.309 e. The first-order chi connectivity index (χ1) is 20.4. The van der Waals surface area contributed by atoms with Gasteiger partial charge in [0.25, 0.3) is 0 Å². The van der Waals surface area contributed by atoms with Crippen molar-refractivity contribution >= 4 is 41.2 Å². The molecule has 2 aromatic heterocycles. The smallest absolute Gasteiger partial charge is 0.309 e. The molecule has 10 nitrogen and oxygen atoms in total. The summed E-state index contributed by atoms with van der Waals surface area (Å²) in [5, 5.41) is 15.3. The molecule has 218 valence electrons. The van der Waals surface area contributed by atoms with Gasteiger partial charge in [0, 0.05) is 22.2 Å². The minimum atomic E-state index is -0.366. The van der Waals surface area contributed by atoms with E-state index in [-0.39, 0.29) is 24.3 Å². The molecule has 1 amide bonds. The number of aromatic amines is 1. The molecule has 0 saturated heterocycles. The number of rotatable bonds is 6. The van der Waals surface area contributed by atoms with Crippen molar-refractivity contribution in [3.63, 3.8) is 0 Å². The molecule has 1 aliphatic rings. The first-order valence-electron chi connectivity index (χ1n) is 13.9. The number of aromatic nitrogens is 6. The van der Waals surface area contributed by atoms with Crippen LogP contribution in [0.2, 0.25) is 10.2 Å². The highest BCUT2D eigenvalue weighted by atomic mass is 35.5. The summed E-state index contributed by atoms with van der Waals surface area (Å²) in [6, 6.07) is 10.8. The van der Waals surface area contributed by atoms with E-state index >= 15 is 0 Å². The van der Waals surface area contributed by atoms with E-state index in [1.165, 1.54) is 24.2 Å². The molecular weight excluding hydrogens is 577 g/mol. The molecule has 0 saturated carbocycles. The van der Waals surface area contributed by atoms with Crippen LogP contribution in [0.25, 0.3) is 23.0 Å². The van der Waals surface area contributed by atoms with Crippen LogP contribution < -0.4 is 5.32 Å². The third-order valence-corrected chi connectivity index (χ3v) is 7.77. The Balaban J connectivity index is 1.40. The van der Waals surface area contributed by atoms with E-state index in [1.807, 2.05) is 18.2 Å². The van der Waals surface area contributed by atoms with Crippen molar-refractivity contribution in [3.05, 3.63) is 81.5 Å². The standard InChI is InChI=1S/C30H31Cl2N7O3/c1-42-27(41)16-19-9-12-23-20(15-19)7-5-3-2-4-6-8-24(30-35-28(23)29(32)36-30)34-26(40)14-10-21-17-22(31)11-13-25(21)39-18-33-37-38-39/h9-15,17-18,24H,2-8,16H2,1H3,(H,34,40)(H,35,36)/b14-10+/t24-/m0/s1. The number of H-pyrrole nitrogens is 1. The van der Waals surface area contributed by atoms with Crippen LogP contribution in [-0.4, -0.2) is 49.2 Å². The van der Waals surface area contributed by atoms with E-state index in [0.717, 1.165) is 55.2 Å².